The SMILES string of the molecule is CC(=O)OOC(C)=O.CC1CC(=O)CC(C)O1.COc1ncc(-c2nc(N3CCOCC3)nc3c(CN4CCN(C5CC(C)OC(C)C5)CC4)csc23)cc1NS(C)(=O)=O.COc1ncc(-c2nc(N3CCOCC3)nc3c(CN4CCNCC4)csc23)cc1NS(C)(=O)=O.[B-]OC(C)=O.[Na+]. The van der Waals surface area contributed by atoms with E-state index in [1.807, 2.05) is 13.8 Å². The number of carbonyl (C=O) groups is 4. The molecule has 37 heteroatoms. The Bertz CT molecular complexity index is 3930. The fourth-order valence-electron chi connectivity index (χ4n) is 12.0. The van der Waals surface area contributed by atoms with Gasteiger partial charge < -0.3 is 56.2 Å². The van der Waals surface area contributed by atoms with E-state index in [0.29, 0.717) is 113 Å². The van der Waals surface area contributed by atoms with Crippen LogP contribution in [0.2, 0.25) is 0 Å². The van der Waals surface area contributed by atoms with Crippen LogP contribution in [0.15, 0.2) is 35.3 Å². The van der Waals surface area contributed by atoms with Crippen LogP contribution in [0.5, 0.6) is 11.8 Å². The summed E-state index contributed by atoms with van der Waals surface area (Å²) in [5.41, 5.74) is 7.56. The Kier molecular flexibility index (Phi) is 31.9. The molecule has 4 unspecified atom stereocenters. The zero-order valence-electron chi connectivity index (χ0n) is 59.5. The monoisotopic (exact) mass is 1490 g/mol. The van der Waals surface area contributed by atoms with Crippen molar-refractivity contribution in [2.24, 2.45) is 0 Å². The first-order chi connectivity index (χ1) is 47.6. The smallest absolute Gasteiger partial charge is 0.793 e. The Labute approximate surface area is 621 Å². The third-order valence-electron chi connectivity index (χ3n) is 16.3. The number of piperazine rings is 2. The Hall–Kier alpha value is -6.10. The first-order valence-corrected chi connectivity index (χ1v) is 38.4. The molecule has 6 aliphatic rings. The van der Waals surface area contributed by atoms with Crippen LogP contribution in [0.4, 0.5) is 23.3 Å². The van der Waals surface area contributed by atoms with Gasteiger partial charge in [0.1, 0.15) is 17.2 Å². The fourth-order valence-corrected chi connectivity index (χ4v) is 15.1. The van der Waals surface area contributed by atoms with Gasteiger partial charge in [0.25, 0.3) is 0 Å². The quantitative estimate of drug-likeness (QED) is 0.0754. The molecule has 3 radical (unpaired) electrons. The van der Waals surface area contributed by atoms with E-state index in [1.54, 1.807) is 47.2 Å². The Morgan fingerprint density at radius 3 is 1.37 bits per heavy atom. The molecule has 6 fully saturated rings. The molecule has 6 aliphatic heterocycles. The molecule has 0 aromatic carbocycles. The Balaban J connectivity index is 0.000000218. The molecule has 0 amide bonds. The van der Waals surface area contributed by atoms with Gasteiger partial charge in [0.05, 0.1) is 109 Å². The molecule has 31 nitrogen and oxygen atoms in total. The number of pyridine rings is 2. The van der Waals surface area contributed by atoms with E-state index in [9.17, 15) is 36.0 Å². The standard InChI is InChI=1S/C29H41N7O5S2.C22H29N7O4S2.C7H12O2.C4H6O4.C2H3BO2.Na/c1-19-13-23(14-20(2)41-19)35-7-5-34(6-8-35)17-22-18-42-27-25(31-29(32-26(22)27)36-9-11-40-12-10-36)21-15-24(33-43(4,37)38)28(39-3)30-16-21;1-32-21-17(27-35(2,30)31)11-15(12-24-21)18-20-19(26-22(25-18)29-7-9-33-10-8-29)16(14-34-20)13-28-5-3-23-4-6-28;1-5-3-7(8)4-6(2)9-5;1-3(5)7-8-4(2)6;1-2(4)5-3;/h15-16,18-20,23,33H,5-14,17H2,1-4H3;11-12,14,23,27H,3-10,13H2,1-2H3;5-6H,3-4H2,1-2H3;1-2H3;1H3;/q;;;;-1;+1. The molecule has 547 valence electrons. The normalized spacial score (nSPS) is 20.7. The minimum absolute atomic E-state index is 0. The van der Waals surface area contributed by atoms with Gasteiger partial charge in [-0.15, -0.1) is 22.7 Å². The predicted molar refractivity (Wildman–Crippen MR) is 381 cm³/mol. The van der Waals surface area contributed by atoms with Crippen LogP contribution in [0.3, 0.4) is 0 Å². The third kappa shape index (κ3) is 25.3. The first-order valence-electron chi connectivity index (χ1n) is 32.9. The maximum Gasteiger partial charge on any atom is 1.00 e. The minimum Gasteiger partial charge on any atom is -0.793 e. The number of thiophene rings is 2. The predicted octanol–water partition coefficient (Wildman–Crippen LogP) is 2.23. The summed E-state index contributed by atoms with van der Waals surface area (Å²) in [6, 6.07) is 4.04. The summed E-state index contributed by atoms with van der Waals surface area (Å²) >= 11 is 3.22. The van der Waals surface area contributed by atoms with Crippen molar-refractivity contribution in [1.29, 1.82) is 0 Å². The third-order valence-corrected chi connectivity index (χ3v) is 19.5. The number of hydrogen-bond donors (Lipinski definition) is 3. The van der Waals surface area contributed by atoms with E-state index in [2.05, 4.69) is 96.3 Å². The average Bonchev–Trinajstić information content (AvgIpc) is 1.69. The van der Waals surface area contributed by atoms with Gasteiger partial charge in [0, 0.05) is 166 Å². The number of carbonyl (C=O) groups excluding carboxylic acids is 4. The second-order valence-electron chi connectivity index (χ2n) is 24.8. The zero-order valence-corrected chi connectivity index (χ0v) is 64.7. The molecule has 6 aromatic heterocycles. The van der Waals surface area contributed by atoms with Crippen LogP contribution in [0.1, 0.15) is 85.3 Å². The van der Waals surface area contributed by atoms with Crippen molar-refractivity contribution in [3.05, 3.63) is 46.4 Å². The number of ketones is 1. The van der Waals surface area contributed by atoms with E-state index in [1.165, 1.54) is 32.3 Å². The maximum atomic E-state index is 12.1. The van der Waals surface area contributed by atoms with Crippen LogP contribution in [-0.4, -0.2) is 255 Å². The first kappa shape index (κ1) is 82.2. The van der Waals surface area contributed by atoms with Crippen molar-refractivity contribution in [3.63, 3.8) is 0 Å². The molecule has 4 atom stereocenters. The number of hydrogen-bond acceptors (Lipinski definition) is 31. The van der Waals surface area contributed by atoms with Crippen molar-refractivity contribution in [2.45, 2.75) is 118 Å². The molecular weight excluding hydrogens is 1400 g/mol. The minimum atomic E-state index is -3.54. The van der Waals surface area contributed by atoms with Crippen molar-refractivity contribution >= 4 is 118 Å². The molecule has 0 spiro atoms. The molecule has 101 heavy (non-hydrogen) atoms. The summed E-state index contributed by atoms with van der Waals surface area (Å²) in [4.78, 5) is 88.3. The van der Waals surface area contributed by atoms with Crippen LogP contribution in [-0.2, 0) is 85.7 Å². The van der Waals surface area contributed by atoms with Gasteiger partial charge in [-0.1, -0.05) is 0 Å². The molecule has 6 aromatic rings. The zero-order chi connectivity index (χ0) is 72.3. The van der Waals surface area contributed by atoms with Crippen LogP contribution in [0, 0.1) is 0 Å². The van der Waals surface area contributed by atoms with Gasteiger partial charge in [0.2, 0.25) is 49.7 Å². The number of nitrogens with one attached hydrogen (secondary N) is 3. The van der Waals surface area contributed by atoms with E-state index in [0.717, 1.165) is 136 Å². The number of fused-ring (bicyclic) bond motifs is 2. The molecule has 0 saturated carbocycles. The molecular formula is C64H91BN14NaO17S4. The summed E-state index contributed by atoms with van der Waals surface area (Å²) in [5.74, 6) is 0.273. The Morgan fingerprint density at radius 2 is 1.00 bits per heavy atom. The summed E-state index contributed by atoms with van der Waals surface area (Å²) < 4.78 is 91.6. The van der Waals surface area contributed by atoms with Crippen LogP contribution >= 0.6 is 22.7 Å². The van der Waals surface area contributed by atoms with Gasteiger partial charge >= 0.3 is 41.5 Å². The topological polar surface area (TPSA) is 349 Å². The second-order valence-corrected chi connectivity index (χ2v) is 30.1. The Morgan fingerprint density at radius 1 is 0.604 bits per heavy atom. The largest absolute Gasteiger partial charge is 1.00 e. The van der Waals surface area contributed by atoms with E-state index < -0.39 is 38.0 Å². The number of aromatic nitrogens is 6. The molecule has 12 heterocycles. The number of anilines is 4. The summed E-state index contributed by atoms with van der Waals surface area (Å²) in [6.45, 7) is 26.8. The number of sulfonamides is 2. The van der Waals surface area contributed by atoms with Crippen molar-refractivity contribution in [3.8, 4) is 34.3 Å². The van der Waals surface area contributed by atoms with Gasteiger partial charge in [-0.3, -0.25) is 33.7 Å². The average molecular weight is 1490 g/mol. The molecule has 0 bridgehead atoms. The van der Waals surface area contributed by atoms with E-state index in [4.69, 9.17) is 48.4 Å². The number of Topliss-reactive ketones (excluding diaryl/α,β-unsaturated/α-hetero) is 1. The van der Waals surface area contributed by atoms with Crippen LogP contribution < -0.4 is 63.6 Å². The second kappa shape index (κ2) is 39.1. The molecule has 0 aliphatic carbocycles. The van der Waals surface area contributed by atoms with Gasteiger partial charge in [-0.2, -0.15) is 0 Å². The number of methoxy groups -OCH3 is 2. The number of ether oxygens (including phenoxy) is 6. The summed E-state index contributed by atoms with van der Waals surface area (Å²) in [5, 5.41) is 7.74. The molecule has 3 N–H and O–H groups in total. The van der Waals surface area contributed by atoms with Gasteiger partial charge in [0.15, 0.2) is 0 Å². The molecule has 12 rings (SSSR count). The van der Waals surface area contributed by atoms with Crippen molar-refractivity contribution < 1.29 is 108 Å². The van der Waals surface area contributed by atoms with Gasteiger partial charge in [-0.25, -0.2) is 66.1 Å². The van der Waals surface area contributed by atoms with E-state index >= 15 is 0 Å². The number of morpholine rings is 2. The van der Waals surface area contributed by atoms with Crippen LogP contribution in [0.25, 0.3) is 42.9 Å². The van der Waals surface area contributed by atoms with Crippen molar-refractivity contribution in [2.75, 3.05) is 151 Å². The summed E-state index contributed by atoms with van der Waals surface area (Å²) in [7, 11) is 0.175. The maximum absolute atomic E-state index is 12.1. The molecule has 6 saturated heterocycles. The number of rotatable bonds is 15. The van der Waals surface area contributed by atoms with Crippen molar-refractivity contribution in [1.82, 2.24) is 49.9 Å². The summed E-state index contributed by atoms with van der Waals surface area (Å²) in [6.07, 6.45) is 9.86. The fraction of sp³-hybridized carbons (Fsp3) is 0.594. The van der Waals surface area contributed by atoms with E-state index in [-0.39, 0.29) is 64.9 Å². The van der Waals surface area contributed by atoms with Gasteiger partial charge in [-0.05, 0) is 63.4 Å². The number of nitrogens with zero attached hydrogens (tertiary/aromatic N) is 11.